The van der Waals surface area contributed by atoms with Gasteiger partial charge in [-0.3, -0.25) is 4.79 Å². The number of hydrogen-bond donors (Lipinski definition) is 2. The lowest BCUT2D eigenvalue weighted by atomic mass is 10.1. The highest BCUT2D eigenvalue weighted by Gasteiger charge is 2.14. The van der Waals surface area contributed by atoms with Crippen LogP contribution in [-0.2, 0) is 6.42 Å². The van der Waals surface area contributed by atoms with Gasteiger partial charge < -0.3 is 14.8 Å². The Kier molecular flexibility index (Phi) is 5.66. The van der Waals surface area contributed by atoms with Crippen LogP contribution >= 0.6 is 0 Å². The summed E-state index contributed by atoms with van der Waals surface area (Å²) in [5.41, 5.74) is 0.341. The molecule has 0 aliphatic rings. The molecule has 0 saturated carbocycles. The molecular formula is C16H21N3O3. The molecule has 0 spiro atoms. The number of rotatable bonds is 7. The number of hydrogen-bond acceptors (Lipinski definition) is 5. The molecular weight excluding hydrogens is 282 g/mol. The average Bonchev–Trinajstić information content (AvgIpc) is 3.04. The third-order valence-corrected chi connectivity index (χ3v) is 3.30. The molecule has 2 rings (SSSR count). The van der Waals surface area contributed by atoms with Crippen LogP contribution < -0.4 is 5.32 Å². The van der Waals surface area contributed by atoms with Crippen molar-refractivity contribution in [2.24, 2.45) is 5.92 Å². The maximum absolute atomic E-state index is 12.1. The maximum atomic E-state index is 12.1. The van der Waals surface area contributed by atoms with Crippen LogP contribution in [0.1, 0.15) is 41.8 Å². The van der Waals surface area contributed by atoms with Crippen LogP contribution in [0.5, 0.6) is 0 Å². The van der Waals surface area contributed by atoms with Gasteiger partial charge in [0.05, 0.1) is 6.26 Å². The van der Waals surface area contributed by atoms with E-state index in [2.05, 4.69) is 15.3 Å². The Morgan fingerprint density at radius 3 is 2.86 bits per heavy atom. The van der Waals surface area contributed by atoms with Crippen LogP contribution in [0.2, 0.25) is 0 Å². The predicted molar refractivity (Wildman–Crippen MR) is 81.4 cm³/mol. The fraction of sp³-hybridized carbons (Fsp3) is 0.438. The molecule has 6 heteroatoms. The van der Waals surface area contributed by atoms with Crippen molar-refractivity contribution in [3.8, 4) is 0 Å². The topological polar surface area (TPSA) is 88.2 Å². The molecule has 2 heterocycles. The molecule has 0 aliphatic carbocycles. The Balaban J connectivity index is 1.92. The summed E-state index contributed by atoms with van der Waals surface area (Å²) in [5, 5.41) is 12.2. The fourth-order valence-electron chi connectivity index (χ4n) is 2.02. The molecule has 2 aromatic rings. The van der Waals surface area contributed by atoms with Crippen LogP contribution in [0.4, 0.5) is 0 Å². The number of aliphatic hydroxyl groups excluding tert-OH is 1. The third kappa shape index (κ3) is 4.39. The highest BCUT2D eigenvalue weighted by Crippen LogP contribution is 2.10. The minimum atomic E-state index is -0.262. The van der Waals surface area contributed by atoms with Crippen LogP contribution in [-0.4, -0.2) is 34.1 Å². The first-order valence-electron chi connectivity index (χ1n) is 7.34. The van der Waals surface area contributed by atoms with E-state index >= 15 is 0 Å². The number of furan rings is 1. The molecule has 0 unspecified atom stereocenters. The van der Waals surface area contributed by atoms with Crippen molar-refractivity contribution in [3.63, 3.8) is 0 Å². The smallest absolute Gasteiger partial charge is 0.270 e. The first kappa shape index (κ1) is 16.2. The number of carbonyl (C=O) groups excluding carboxylic acids is 1. The Bertz CT molecular complexity index is 596. The van der Waals surface area contributed by atoms with Crippen LogP contribution in [0.25, 0.3) is 0 Å². The second-order valence-corrected chi connectivity index (χ2v) is 5.50. The summed E-state index contributed by atoms with van der Waals surface area (Å²) in [6.45, 7) is 4.28. The van der Waals surface area contributed by atoms with Gasteiger partial charge >= 0.3 is 0 Å². The zero-order valence-electron chi connectivity index (χ0n) is 12.8. The van der Waals surface area contributed by atoms with Gasteiger partial charge in [0, 0.05) is 37.6 Å². The highest BCUT2D eigenvalue weighted by atomic mass is 16.3. The van der Waals surface area contributed by atoms with Crippen LogP contribution in [0.3, 0.4) is 0 Å². The zero-order valence-corrected chi connectivity index (χ0v) is 12.8. The average molecular weight is 303 g/mol. The lowest BCUT2D eigenvalue weighted by molar-refractivity contribution is 0.0933. The number of carbonyl (C=O) groups is 1. The molecule has 0 bridgehead atoms. The van der Waals surface area contributed by atoms with Crippen molar-refractivity contribution in [1.29, 1.82) is 0 Å². The standard InChI is InChI=1S/C16H21N3O3/c1-11(2)15-17-6-5-14(19-15)16(21)18-9-12(10-20)8-13-4-3-7-22-13/h3-7,11-12,20H,8-10H2,1-2H3,(H,18,21)/t12-/m0/s1. The number of aliphatic hydroxyl groups is 1. The van der Waals surface area contributed by atoms with Crippen molar-refractivity contribution in [2.45, 2.75) is 26.2 Å². The summed E-state index contributed by atoms with van der Waals surface area (Å²) < 4.78 is 5.25. The van der Waals surface area contributed by atoms with Gasteiger partial charge in [-0.2, -0.15) is 0 Å². The maximum Gasteiger partial charge on any atom is 0.270 e. The van der Waals surface area contributed by atoms with Gasteiger partial charge in [-0.15, -0.1) is 0 Å². The Hall–Kier alpha value is -2.21. The normalized spacial score (nSPS) is 12.4. The van der Waals surface area contributed by atoms with Gasteiger partial charge in [-0.1, -0.05) is 13.8 Å². The molecule has 0 radical (unpaired) electrons. The van der Waals surface area contributed by atoms with E-state index in [4.69, 9.17) is 4.42 Å². The van der Waals surface area contributed by atoms with Crippen LogP contribution in [0, 0.1) is 5.92 Å². The Morgan fingerprint density at radius 2 is 2.23 bits per heavy atom. The number of nitrogens with one attached hydrogen (secondary N) is 1. The molecule has 2 N–H and O–H groups in total. The number of amides is 1. The fourth-order valence-corrected chi connectivity index (χ4v) is 2.02. The second-order valence-electron chi connectivity index (χ2n) is 5.50. The van der Waals surface area contributed by atoms with Crippen molar-refractivity contribution in [3.05, 3.63) is 47.9 Å². The minimum Gasteiger partial charge on any atom is -0.469 e. The Morgan fingerprint density at radius 1 is 1.41 bits per heavy atom. The summed E-state index contributed by atoms with van der Waals surface area (Å²) in [4.78, 5) is 20.5. The third-order valence-electron chi connectivity index (χ3n) is 3.30. The van der Waals surface area contributed by atoms with E-state index in [-0.39, 0.29) is 24.3 Å². The van der Waals surface area contributed by atoms with Gasteiger partial charge in [-0.05, 0) is 18.2 Å². The van der Waals surface area contributed by atoms with Crippen molar-refractivity contribution < 1.29 is 14.3 Å². The first-order valence-corrected chi connectivity index (χ1v) is 7.34. The molecule has 6 nitrogen and oxygen atoms in total. The lowest BCUT2D eigenvalue weighted by Crippen LogP contribution is -2.32. The van der Waals surface area contributed by atoms with Crippen molar-refractivity contribution >= 4 is 5.91 Å². The van der Waals surface area contributed by atoms with Crippen molar-refractivity contribution in [2.75, 3.05) is 13.2 Å². The van der Waals surface area contributed by atoms with Gasteiger partial charge in [0.25, 0.3) is 5.91 Å². The summed E-state index contributed by atoms with van der Waals surface area (Å²) in [5.74, 6) is 1.24. The van der Waals surface area contributed by atoms with E-state index in [1.54, 1.807) is 24.6 Å². The summed E-state index contributed by atoms with van der Waals surface area (Å²) >= 11 is 0. The quantitative estimate of drug-likeness (QED) is 0.814. The monoisotopic (exact) mass is 303 g/mol. The summed E-state index contributed by atoms with van der Waals surface area (Å²) in [6.07, 6.45) is 3.76. The van der Waals surface area contributed by atoms with E-state index in [0.717, 1.165) is 5.76 Å². The van der Waals surface area contributed by atoms with Gasteiger partial charge in [0.15, 0.2) is 0 Å². The lowest BCUT2D eigenvalue weighted by Gasteiger charge is -2.14. The highest BCUT2D eigenvalue weighted by molar-refractivity contribution is 5.92. The van der Waals surface area contributed by atoms with E-state index in [9.17, 15) is 9.90 Å². The van der Waals surface area contributed by atoms with E-state index in [1.165, 1.54) is 0 Å². The van der Waals surface area contributed by atoms with Crippen LogP contribution in [0.15, 0.2) is 35.1 Å². The van der Waals surface area contributed by atoms with Gasteiger partial charge in [0.1, 0.15) is 17.3 Å². The molecule has 0 aromatic carbocycles. The molecule has 0 aliphatic heterocycles. The molecule has 0 fully saturated rings. The molecule has 2 aromatic heterocycles. The molecule has 22 heavy (non-hydrogen) atoms. The van der Waals surface area contributed by atoms with E-state index in [1.807, 2.05) is 19.9 Å². The first-order chi connectivity index (χ1) is 10.6. The SMILES string of the molecule is CC(C)c1nccc(C(=O)NC[C@@H](CO)Cc2ccco2)n1. The van der Waals surface area contributed by atoms with Gasteiger partial charge in [-0.25, -0.2) is 9.97 Å². The molecule has 1 amide bonds. The predicted octanol–water partition coefficient (Wildman–Crippen LogP) is 1.77. The molecule has 118 valence electrons. The van der Waals surface area contributed by atoms with E-state index in [0.29, 0.717) is 24.5 Å². The molecule has 1 atom stereocenters. The minimum absolute atomic E-state index is 0.0258. The number of aromatic nitrogens is 2. The van der Waals surface area contributed by atoms with E-state index < -0.39 is 0 Å². The summed E-state index contributed by atoms with van der Waals surface area (Å²) in [6, 6.07) is 5.24. The molecule has 0 saturated heterocycles. The number of nitrogens with zero attached hydrogens (tertiary/aromatic N) is 2. The zero-order chi connectivity index (χ0) is 15.9. The summed E-state index contributed by atoms with van der Waals surface area (Å²) in [7, 11) is 0. The largest absolute Gasteiger partial charge is 0.469 e. The van der Waals surface area contributed by atoms with Gasteiger partial charge in [0.2, 0.25) is 0 Å². The Labute approximate surface area is 129 Å². The van der Waals surface area contributed by atoms with Crippen molar-refractivity contribution in [1.82, 2.24) is 15.3 Å². The second kappa shape index (κ2) is 7.70.